The lowest BCUT2D eigenvalue weighted by molar-refractivity contribution is -0.121. The van der Waals surface area contributed by atoms with Crippen molar-refractivity contribution < 1.29 is 4.79 Å². The Balaban J connectivity index is 1.62. The van der Waals surface area contributed by atoms with Gasteiger partial charge in [-0.3, -0.25) is 9.78 Å². The smallest absolute Gasteiger partial charge is 0.340 e. The molecule has 0 unspecified atom stereocenters. The van der Waals surface area contributed by atoms with Crippen LogP contribution in [0.4, 0.5) is 0 Å². The van der Waals surface area contributed by atoms with Gasteiger partial charge in [0.2, 0.25) is 5.91 Å². The van der Waals surface area contributed by atoms with Crippen molar-refractivity contribution in [3.63, 3.8) is 0 Å². The number of carbonyl (C=O) groups is 1. The summed E-state index contributed by atoms with van der Waals surface area (Å²) in [4.78, 5) is 33.5. The van der Waals surface area contributed by atoms with Crippen LogP contribution in [0, 0.1) is 13.8 Å². The summed E-state index contributed by atoms with van der Waals surface area (Å²) in [5.74, 6) is 1.07. The maximum Gasteiger partial charge on any atom is 0.340 e. The van der Waals surface area contributed by atoms with Gasteiger partial charge in [-0.2, -0.15) is 5.10 Å². The van der Waals surface area contributed by atoms with Crippen LogP contribution >= 0.6 is 0 Å². The zero-order valence-electron chi connectivity index (χ0n) is 13.9. The Kier molecular flexibility index (Phi) is 4.20. The average molecular weight is 328 g/mol. The molecular formula is C16H20N6O2. The molecule has 2 heterocycles. The summed E-state index contributed by atoms with van der Waals surface area (Å²) in [6, 6.07) is 3.69. The number of aryl methyl sites for hydroxylation is 3. The van der Waals surface area contributed by atoms with E-state index in [1.807, 2.05) is 13.0 Å². The van der Waals surface area contributed by atoms with Crippen molar-refractivity contribution in [3.8, 4) is 0 Å². The standard InChI is InChI=1S/C16H20N6O2/c1-8-4-5-11-14(9(8)2)19-12(18-11)6-7-13(23)17-10(3)15-20-16(24)22-21-15/h4-5,10H,6-7H2,1-3H3,(H,17,23)(H,18,19)(H2,20,21,22,24)/t10-/m1/s1. The molecule has 0 aliphatic carbocycles. The Hall–Kier alpha value is -2.90. The Morgan fingerprint density at radius 3 is 2.79 bits per heavy atom. The third-order valence-corrected chi connectivity index (χ3v) is 4.12. The van der Waals surface area contributed by atoms with E-state index in [1.165, 1.54) is 5.56 Å². The quantitative estimate of drug-likeness (QED) is 0.566. The minimum absolute atomic E-state index is 0.125. The van der Waals surface area contributed by atoms with Gasteiger partial charge in [-0.05, 0) is 38.0 Å². The molecule has 8 heteroatoms. The highest BCUT2D eigenvalue weighted by molar-refractivity contribution is 5.80. The second-order valence-electron chi connectivity index (χ2n) is 5.94. The van der Waals surface area contributed by atoms with Gasteiger partial charge >= 0.3 is 5.69 Å². The second-order valence-corrected chi connectivity index (χ2v) is 5.94. The van der Waals surface area contributed by atoms with Crippen LogP contribution in [0.25, 0.3) is 11.0 Å². The van der Waals surface area contributed by atoms with Crippen molar-refractivity contribution in [2.24, 2.45) is 0 Å². The lowest BCUT2D eigenvalue weighted by atomic mass is 10.1. The first-order valence-electron chi connectivity index (χ1n) is 7.83. The molecule has 2 aromatic heterocycles. The van der Waals surface area contributed by atoms with Crippen LogP contribution in [0.5, 0.6) is 0 Å². The van der Waals surface area contributed by atoms with Crippen molar-refractivity contribution in [1.82, 2.24) is 30.5 Å². The molecule has 4 N–H and O–H groups in total. The number of nitrogens with one attached hydrogen (secondary N) is 4. The van der Waals surface area contributed by atoms with Gasteiger partial charge in [0.1, 0.15) is 5.82 Å². The minimum Gasteiger partial charge on any atom is -0.346 e. The molecule has 0 fully saturated rings. The predicted octanol–water partition coefficient (Wildman–Crippen LogP) is 1.40. The van der Waals surface area contributed by atoms with E-state index < -0.39 is 0 Å². The SMILES string of the molecule is Cc1ccc2[nH]c(CCC(=O)N[C@H](C)c3n[nH]c(=O)[nH]3)nc2c1C. The van der Waals surface area contributed by atoms with Gasteiger partial charge in [-0.15, -0.1) is 0 Å². The van der Waals surface area contributed by atoms with Gasteiger partial charge in [0.05, 0.1) is 17.1 Å². The summed E-state index contributed by atoms with van der Waals surface area (Å²) in [5, 5.41) is 8.89. The van der Waals surface area contributed by atoms with E-state index in [-0.39, 0.29) is 17.6 Å². The van der Waals surface area contributed by atoms with Crippen molar-refractivity contribution in [1.29, 1.82) is 0 Å². The summed E-state index contributed by atoms with van der Waals surface area (Å²) in [5.41, 5.74) is 3.89. The fourth-order valence-corrected chi connectivity index (χ4v) is 2.58. The van der Waals surface area contributed by atoms with Crippen LogP contribution in [0.2, 0.25) is 0 Å². The predicted molar refractivity (Wildman–Crippen MR) is 89.7 cm³/mol. The first-order valence-corrected chi connectivity index (χ1v) is 7.83. The Bertz CT molecular complexity index is 936. The highest BCUT2D eigenvalue weighted by Gasteiger charge is 2.14. The zero-order chi connectivity index (χ0) is 17.3. The molecule has 3 rings (SSSR count). The molecule has 0 saturated carbocycles. The maximum absolute atomic E-state index is 12.1. The summed E-state index contributed by atoms with van der Waals surface area (Å²) in [7, 11) is 0. The number of aromatic nitrogens is 5. The molecule has 0 saturated heterocycles. The fourth-order valence-electron chi connectivity index (χ4n) is 2.58. The Labute approximate surface area is 138 Å². The van der Waals surface area contributed by atoms with E-state index in [2.05, 4.69) is 43.5 Å². The maximum atomic E-state index is 12.1. The van der Waals surface area contributed by atoms with Gasteiger partial charge < -0.3 is 10.3 Å². The molecule has 8 nitrogen and oxygen atoms in total. The molecule has 1 aromatic carbocycles. The van der Waals surface area contributed by atoms with E-state index in [1.54, 1.807) is 6.92 Å². The van der Waals surface area contributed by atoms with E-state index in [0.717, 1.165) is 22.4 Å². The number of hydrogen-bond acceptors (Lipinski definition) is 4. The van der Waals surface area contributed by atoms with Gasteiger partial charge in [0, 0.05) is 12.8 Å². The van der Waals surface area contributed by atoms with Crippen molar-refractivity contribution >= 4 is 16.9 Å². The molecule has 0 aliphatic heterocycles. The molecule has 0 radical (unpaired) electrons. The number of H-pyrrole nitrogens is 3. The molecular weight excluding hydrogens is 308 g/mol. The van der Waals surface area contributed by atoms with Gasteiger partial charge in [-0.1, -0.05) is 6.07 Å². The summed E-state index contributed by atoms with van der Waals surface area (Å²) >= 11 is 0. The van der Waals surface area contributed by atoms with Gasteiger partial charge in [-0.25, -0.2) is 14.9 Å². The molecule has 0 bridgehead atoms. The normalized spacial score (nSPS) is 12.5. The monoisotopic (exact) mass is 328 g/mol. The summed E-state index contributed by atoms with van der Waals surface area (Å²) in [6.45, 7) is 5.86. The highest BCUT2D eigenvalue weighted by atomic mass is 16.2. The number of nitrogens with zero attached hydrogens (tertiary/aromatic N) is 2. The molecule has 126 valence electrons. The largest absolute Gasteiger partial charge is 0.346 e. The van der Waals surface area contributed by atoms with E-state index >= 15 is 0 Å². The fraction of sp³-hybridized carbons (Fsp3) is 0.375. The molecule has 24 heavy (non-hydrogen) atoms. The number of imidazole rings is 1. The zero-order valence-corrected chi connectivity index (χ0v) is 13.9. The highest BCUT2D eigenvalue weighted by Crippen LogP contribution is 2.19. The van der Waals surface area contributed by atoms with E-state index in [4.69, 9.17) is 0 Å². The third-order valence-electron chi connectivity index (χ3n) is 4.12. The first kappa shape index (κ1) is 16.0. The Morgan fingerprint density at radius 2 is 2.08 bits per heavy atom. The molecule has 0 spiro atoms. The number of amides is 1. The average Bonchev–Trinajstić information content (AvgIpc) is 3.15. The van der Waals surface area contributed by atoms with Crippen molar-refractivity contribution in [2.45, 2.75) is 39.7 Å². The van der Waals surface area contributed by atoms with Crippen molar-refractivity contribution in [3.05, 3.63) is 45.4 Å². The second kappa shape index (κ2) is 6.31. The summed E-state index contributed by atoms with van der Waals surface area (Å²) < 4.78 is 0. The van der Waals surface area contributed by atoms with Crippen LogP contribution in [0.3, 0.4) is 0 Å². The number of carbonyl (C=O) groups excluding carboxylic acids is 1. The van der Waals surface area contributed by atoms with Crippen LogP contribution < -0.4 is 11.0 Å². The molecule has 0 aliphatic rings. The van der Waals surface area contributed by atoms with Crippen LogP contribution in [-0.4, -0.2) is 31.1 Å². The topological polar surface area (TPSA) is 119 Å². The minimum atomic E-state index is -0.390. The van der Waals surface area contributed by atoms with Crippen molar-refractivity contribution in [2.75, 3.05) is 0 Å². The number of rotatable bonds is 5. The van der Waals surface area contributed by atoms with E-state index in [0.29, 0.717) is 18.7 Å². The number of aromatic amines is 3. The third kappa shape index (κ3) is 3.22. The number of benzene rings is 1. The Morgan fingerprint density at radius 1 is 1.29 bits per heavy atom. The molecule has 1 amide bonds. The lowest BCUT2D eigenvalue weighted by Crippen LogP contribution is -2.27. The number of hydrogen-bond donors (Lipinski definition) is 4. The molecule has 1 atom stereocenters. The van der Waals surface area contributed by atoms with Crippen LogP contribution in [-0.2, 0) is 11.2 Å². The van der Waals surface area contributed by atoms with Crippen LogP contribution in [0.1, 0.15) is 42.2 Å². The van der Waals surface area contributed by atoms with Gasteiger partial charge in [0.15, 0.2) is 5.82 Å². The van der Waals surface area contributed by atoms with E-state index in [9.17, 15) is 9.59 Å². The van der Waals surface area contributed by atoms with Gasteiger partial charge in [0.25, 0.3) is 0 Å². The number of fused-ring (bicyclic) bond motifs is 1. The lowest BCUT2D eigenvalue weighted by Gasteiger charge is -2.10. The molecule has 3 aromatic rings. The van der Waals surface area contributed by atoms with Crippen LogP contribution in [0.15, 0.2) is 16.9 Å². The first-order chi connectivity index (χ1) is 11.4. The summed E-state index contributed by atoms with van der Waals surface area (Å²) in [6.07, 6.45) is 0.819.